The van der Waals surface area contributed by atoms with Crippen molar-refractivity contribution in [3.63, 3.8) is 0 Å². The molecular formula is C14H15N3. The van der Waals surface area contributed by atoms with Crippen LogP contribution in [0.25, 0.3) is 0 Å². The maximum Gasteiger partial charge on any atom is 0.0869 e. The highest BCUT2D eigenvalue weighted by atomic mass is 15.1. The van der Waals surface area contributed by atoms with Crippen molar-refractivity contribution in [3.05, 3.63) is 65.7 Å². The molecule has 0 spiro atoms. The van der Waals surface area contributed by atoms with Crippen LogP contribution in [0.15, 0.2) is 64.8 Å². The van der Waals surface area contributed by atoms with E-state index in [1.165, 1.54) is 0 Å². The van der Waals surface area contributed by atoms with Gasteiger partial charge in [0.1, 0.15) is 0 Å². The van der Waals surface area contributed by atoms with E-state index in [9.17, 15) is 0 Å². The Hall–Kier alpha value is -2.16. The van der Waals surface area contributed by atoms with E-state index in [0.29, 0.717) is 13.1 Å². The molecule has 2 aromatic carbocycles. The Balaban J connectivity index is 1.89. The largest absolute Gasteiger partial charge is 0.398 e. The Morgan fingerprint density at radius 3 is 2.18 bits per heavy atom. The summed E-state index contributed by atoms with van der Waals surface area (Å²) in [4.78, 5) is 0. The highest BCUT2D eigenvalue weighted by Crippen LogP contribution is 2.11. The lowest BCUT2D eigenvalue weighted by molar-refractivity contribution is 0.852. The molecule has 0 aliphatic rings. The van der Waals surface area contributed by atoms with E-state index >= 15 is 0 Å². The van der Waals surface area contributed by atoms with Gasteiger partial charge in [0, 0.05) is 5.69 Å². The first-order valence-corrected chi connectivity index (χ1v) is 5.57. The monoisotopic (exact) mass is 225 g/mol. The topological polar surface area (TPSA) is 50.7 Å². The van der Waals surface area contributed by atoms with Crippen molar-refractivity contribution in [2.75, 3.05) is 5.73 Å². The third-order valence-electron chi connectivity index (χ3n) is 2.49. The van der Waals surface area contributed by atoms with Gasteiger partial charge in [-0.25, -0.2) is 0 Å². The van der Waals surface area contributed by atoms with E-state index in [2.05, 4.69) is 10.2 Å². The van der Waals surface area contributed by atoms with Crippen LogP contribution in [0.2, 0.25) is 0 Å². The predicted octanol–water partition coefficient (Wildman–Crippen LogP) is 3.42. The van der Waals surface area contributed by atoms with Gasteiger partial charge >= 0.3 is 0 Å². The van der Waals surface area contributed by atoms with Crippen LogP contribution < -0.4 is 5.73 Å². The molecule has 17 heavy (non-hydrogen) atoms. The third kappa shape index (κ3) is 3.41. The second-order valence-electron chi connectivity index (χ2n) is 3.78. The summed E-state index contributed by atoms with van der Waals surface area (Å²) in [7, 11) is 0. The fraction of sp³-hybridized carbons (Fsp3) is 0.143. The molecule has 0 radical (unpaired) electrons. The molecule has 86 valence electrons. The molecule has 0 aliphatic carbocycles. The highest BCUT2D eigenvalue weighted by molar-refractivity contribution is 5.46. The van der Waals surface area contributed by atoms with E-state index in [1.807, 2.05) is 54.6 Å². The summed E-state index contributed by atoms with van der Waals surface area (Å²) in [6.45, 7) is 1.16. The summed E-state index contributed by atoms with van der Waals surface area (Å²) in [5.74, 6) is 0. The Labute approximate surface area is 101 Å². The van der Waals surface area contributed by atoms with Crippen molar-refractivity contribution < 1.29 is 0 Å². The van der Waals surface area contributed by atoms with Crippen molar-refractivity contribution in [1.29, 1.82) is 0 Å². The lowest BCUT2D eigenvalue weighted by Crippen LogP contribution is -1.91. The zero-order valence-electron chi connectivity index (χ0n) is 9.58. The van der Waals surface area contributed by atoms with Crippen LogP contribution in [0.5, 0.6) is 0 Å². The van der Waals surface area contributed by atoms with Gasteiger partial charge in [0.25, 0.3) is 0 Å². The first-order chi connectivity index (χ1) is 8.36. The van der Waals surface area contributed by atoms with E-state index in [0.717, 1.165) is 16.8 Å². The molecule has 3 heteroatoms. The lowest BCUT2D eigenvalue weighted by Gasteiger charge is -2.00. The number of hydrogen-bond donors (Lipinski definition) is 1. The molecule has 2 aromatic rings. The van der Waals surface area contributed by atoms with Crippen molar-refractivity contribution in [3.8, 4) is 0 Å². The normalized spacial score (nSPS) is 10.8. The molecule has 0 aliphatic heterocycles. The summed E-state index contributed by atoms with van der Waals surface area (Å²) >= 11 is 0. The zero-order valence-corrected chi connectivity index (χ0v) is 9.58. The van der Waals surface area contributed by atoms with E-state index < -0.39 is 0 Å². The fourth-order valence-corrected chi connectivity index (χ4v) is 1.52. The SMILES string of the molecule is Nc1ccccc1CN=NCc1ccccc1. The number of benzene rings is 2. The maximum absolute atomic E-state index is 5.81. The van der Waals surface area contributed by atoms with Crippen LogP contribution in [0.1, 0.15) is 11.1 Å². The van der Waals surface area contributed by atoms with Crippen LogP contribution in [0.4, 0.5) is 5.69 Å². The average Bonchev–Trinajstić information content (AvgIpc) is 2.38. The lowest BCUT2D eigenvalue weighted by atomic mass is 10.2. The minimum absolute atomic E-state index is 0.541. The molecule has 0 saturated heterocycles. The molecule has 0 heterocycles. The van der Waals surface area contributed by atoms with Crippen LogP contribution in [-0.2, 0) is 13.1 Å². The standard InChI is InChI=1S/C14H15N3/c15-14-9-5-4-8-13(14)11-17-16-10-12-6-2-1-3-7-12/h1-9H,10-11,15H2. The first kappa shape index (κ1) is 11.3. The molecule has 0 saturated carbocycles. The second-order valence-corrected chi connectivity index (χ2v) is 3.78. The molecule has 0 atom stereocenters. The number of para-hydroxylation sites is 1. The van der Waals surface area contributed by atoms with E-state index in [-0.39, 0.29) is 0 Å². The van der Waals surface area contributed by atoms with Gasteiger partial charge in [0.2, 0.25) is 0 Å². The van der Waals surface area contributed by atoms with Crippen molar-refractivity contribution in [1.82, 2.24) is 0 Å². The van der Waals surface area contributed by atoms with Crippen molar-refractivity contribution in [2.45, 2.75) is 13.1 Å². The Kier molecular flexibility index (Phi) is 3.86. The summed E-state index contributed by atoms with van der Waals surface area (Å²) in [5.41, 5.74) is 8.76. The molecule has 2 rings (SSSR count). The predicted molar refractivity (Wildman–Crippen MR) is 69.6 cm³/mol. The number of nitrogen functional groups attached to an aromatic ring is 1. The smallest absolute Gasteiger partial charge is 0.0869 e. The quantitative estimate of drug-likeness (QED) is 0.629. The molecular weight excluding hydrogens is 210 g/mol. The number of azo groups is 1. The van der Waals surface area contributed by atoms with Crippen LogP contribution in [-0.4, -0.2) is 0 Å². The molecule has 0 bridgehead atoms. The molecule has 0 aromatic heterocycles. The maximum atomic E-state index is 5.81. The Bertz CT molecular complexity index is 492. The van der Waals surface area contributed by atoms with Gasteiger partial charge in [-0.1, -0.05) is 48.5 Å². The number of rotatable bonds is 4. The highest BCUT2D eigenvalue weighted by Gasteiger charge is 1.95. The van der Waals surface area contributed by atoms with E-state index in [4.69, 9.17) is 5.73 Å². The summed E-state index contributed by atoms with van der Waals surface area (Å²) in [5, 5.41) is 8.29. The van der Waals surface area contributed by atoms with Crippen LogP contribution >= 0.6 is 0 Å². The van der Waals surface area contributed by atoms with Crippen LogP contribution in [0, 0.1) is 0 Å². The van der Waals surface area contributed by atoms with Gasteiger partial charge < -0.3 is 5.73 Å². The zero-order chi connectivity index (χ0) is 11.9. The van der Waals surface area contributed by atoms with Gasteiger partial charge in [0.15, 0.2) is 0 Å². The van der Waals surface area contributed by atoms with Crippen LogP contribution in [0.3, 0.4) is 0 Å². The summed E-state index contributed by atoms with van der Waals surface area (Å²) in [6, 6.07) is 17.8. The average molecular weight is 225 g/mol. The van der Waals surface area contributed by atoms with Gasteiger partial charge in [-0.15, -0.1) is 0 Å². The number of nitrogens with two attached hydrogens (primary N) is 1. The van der Waals surface area contributed by atoms with Gasteiger partial charge in [-0.05, 0) is 17.2 Å². The molecule has 2 N–H and O–H groups in total. The molecule has 3 nitrogen and oxygen atoms in total. The Morgan fingerprint density at radius 1 is 0.765 bits per heavy atom. The fourth-order valence-electron chi connectivity index (χ4n) is 1.52. The third-order valence-corrected chi connectivity index (χ3v) is 2.49. The van der Waals surface area contributed by atoms with Gasteiger partial charge in [-0.2, -0.15) is 10.2 Å². The molecule has 0 amide bonds. The van der Waals surface area contributed by atoms with E-state index in [1.54, 1.807) is 0 Å². The van der Waals surface area contributed by atoms with Crippen molar-refractivity contribution >= 4 is 5.69 Å². The van der Waals surface area contributed by atoms with Gasteiger partial charge in [0.05, 0.1) is 13.1 Å². The Morgan fingerprint density at radius 2 is 1.41 bits per heavy atom. The summed E-state index contributed by atoms with van der Waals surface area (Å²) < 4.78 is 0. The number of anilines is 1. The molecule has 0 unspecified atom stereocenters. The van der Waals surface area contributed by atoms with Crippen molar-refractivity contribution in [2.24, 2.45) is 10.2 Å². The number of hydrogen-bond acceptors (Lipinski definition) is 3. The minimum atomic E-state index is 0.541. The molecule has 0 fully saturated rings. The number of nitrogens with zero attached hydrogens (tertiary/aromatic N) is 2. The second kappa shape index (κ2) is 5.80. The summed E-state index contributed by atoms with van der Waals surface area (Å²) in [6.07, 6.45) is 0. The van der Waals surface area contributed by atoms with Gasteiger partial charge in [-0.3, -0.25) is 0 Å². The minimum Gasteiger partial charge on any atom is -0.398 e. The first-order valence-electron chi connectivity index (χ1n) is 5.57.